The van der Waals surface area contributed by atoms with E-state index in [1.54, 1.807) is 0 Å². The van der Waals surface area contributed by atoms with Crippen LogP contribution in [-0.4, -0.2) is 0 Å². The Balaban J connectivity index is 3.37. The summed E-state index contributed by atoms with van der Waals surface area (Å²) in [6, 6.07) is 1.89. The molecule has 0 nitrogen and oxygen atoms in total. The van der Waals surface area contributed by atoms with Crippen molar-refractivity contribution in [3.05, 3.63) is 32.8 Å². The fraction of sp³-hybridized carbons (Fsp3) is 0.143. The summed E-state index contributed by atoms with van der Waals surface area (Å²) in [7, 11) is 0. The van der Waals surface area contributed by atoms with E-state index in [-0.39, 0.29) is 10.0 Å². The number of alkyl halides is 3. The van der Waals surface area contributed by atoms with Crippen LogP contribution in [0.3, 0.4) is 0 Å². The Morgan fingerprint density at radius 2 is 1.54 bits per heavy atom. The third-order valence-electron chi connectivity index (χ3n) is 1.30. The predicted octanol–water partition coefficient (Wildman–Crippen LogP) is 4.67. The lowest BCUT2D eigenvalue weighted by Gasteiger charge is -2.09. The van der Waals surface area contributed by atoms with Crippen LogP contribution in [0, 0.1) is 0 Å². The molecule has 1 rings (SSSR count). The zero-order chi connectivity index (χ0) is 10.2. The zero-order valence-electron chi connectivity index (χ0n) is 5.92. The number of halogens is 6. The minimum atomic E-state index is -4.54. The van der Waals surface area contributed by atoms with Crippen LogP contribution in [0.15, 0.2) is 12.1 Å². The molecule has 1 aromatic rings. The minimum Gasteiger partial charge on any atom is -0.166 e. The van der Waals surface area contributed by atoms with Crippen LogP contribution < -0.4 is 0 Å². The first-order chi connectivity index (χ1) is 5.82. The molecule has 6 heteroatoms. The molecule has 0 aliphatic heterocycles. The highest BCUT2D eigenvalue weighted by atomic mass is 35.5. The number of hydrogen-bond donors (Lipinski definition) is 0. The molecular formula is C7H2Cl3F3. The van der Waals surface area contributed by atoms with Gasteiger partial charge in [-0.25, -0.2) is 0 Å². The molecule has 0 heterocycles. The first-order valence-corrected chi connectivity index (χ1v) is 4.17. The second kappa shape index (κ2) is 3.56. The molecule has 0 spiro atoms. The van der Waals surface area contributed by atoms with Gasteiger partial charge in [0, 0.05) is 5.02 Å². The van der Waals surface area contributed by atoms with Gasteiger partial charge in [-0.2, -0.15) is 13.2 Å². The van der Waals surface area contributed by atoms with Crippen LogP contribution >= 0.6 is 34.8 Å². The summed E-state index contributed by atoms with van der Waals surface area (Å²) in [5.74, 6) is 0. The standard InChI is InChI=1S/C7H2Cl3F3/c8-3-1-4(7(11,12)13)6(10)5(9)2-3/h1-2H. The summed E-state index contributed by atoms with van der Waals surface area (Å²) < 4.78 is 36.6. The third-order valence-corrected chi connectivity index (χ3v) is 2.32. The topological polar surface area (TPSA) is 0 Å². The van der Waals surface area contributed by atoms with E-state index in [0.29, 0.717) is 0 Å². The second-order valence-corrected chi connectivity index (χ2v) is 3.47. The lowest BCUT2D eigenvalue weighted by Crippen LogP contribution is -2.05. The number of benzene rings is 1. The Morgan fingerprint density at radius 1 is 1.00 bits per heavy atom. The average molecular weight is 249 g/mol. The quantitative estimate of drug-likeness (QED) is 0.586. The van der Waals surface area contributed by atoms with Crippen molar-refractivity contribution in [3.63, 3.8) is 0 Å². The van der Waals surface area contributed by atoms with E-state index in [0.717, 1.165) is 12.1 Å². The van der Waals surface area contributed by atoms with E-state index in [1.807, 2.05) is 0 Å². The first kappa shape index (κ1) is 11.0. The molecule has 0 amide bonds. The molecule has 0 aliphatic carbocycles. The second-order valence-electron chi connectivity index (χ2n) is 2.25. The van der Waals surface area contributed by atoms with E-state index in [2.05, 4.69) is 0 Å². The Kier molecular flexibility index (Phi) is 3.00. The van der Waals surface area contributed by atoms with Gasteiger partial charge in [0.2, 0.25) is 0 Å². The van der Waals surface area contributed by atoms with E-state index in [9.17, 15) is 13.2 Å². The summed E-state index contributed by atoms with van der Waals surface area (Å²) in [5, 5.41) is -0.832. The number of rotatable bonds is 0. The van der Waals surface area contributed by atoms with Crippen molar-refractivity contribution in [3.8, 4) is 0 Å². The zero-order valence-corrected chi connectivity index (χ0v) is 8.19. The summed E-state index contributed by atoms with van der Waals surface area (Å²) in [4.78, 5) is 0. The van der Waals surface area contributed by atoms with Crippen molar-refractivity contribution < 1.29 is 13.2 Å². The van der Waals surface area contributed by atoms with Gasteiger partial charge in [0.25, 0.3) is 0 Å². The maximum Gasteiger partial charge on any atom is 0.417 e. The van der Waals surface area contributed by atoms with Crippen molar-refractivity contribution in [1.82, 2.24) is 0 Å². The highest BCUT2D eigenvalue weighted by Gasteiger charge is 2.34. The summed E-state index contributed by atoms with van der Waals surface area (Å²) in [6.45, 7) is 0. The molecule has 0 radical (unpaired) electrons. The maximum atomic E-state index is 12.2. The van der Waals surface area contributed by atoms with Crippen molar-refractivity contribution in [2.24, 2.45) is 0 Å². The van der Waals surface area contributed by atoms with E-state index >= 15 is 0 Å². The third kappa shape index (κ3) is 2.42. The van der Waals surface area contributed by atoms with E-state index < -0.39 is 16.8 Å². The van der Waals surface area contributed by atoms with Gasteiger partial charge < -0.3 is 0 Å². The van der Waals surface area contributed by atoms with E-state index in [1.165, 1.54) is 0 Å². The molecule has 13 heavy (non-hydrogen) atoms. The lowest BCUT2D eigenvalue weighted by atomic mass is 10.2. The lowest BCUT2D eigenvalue weighted by molar-refractivity contribution is -0.137. The molecule has 72 valence electrons. The van der Waals surface area contributed by atoms with Gasteiger partial charge >= 0.3 is 6.18 Å². The summed E-state index contributed by atoms with van der Waals surface area (Å²) >= 11 is 16.1. The molecule has 0 fully saturated rings. The Hall–Kier alpha value is -0.120. The first-order valence-electron chi connectivity index (χ1n) is 3.04. The molecule has 0 atom stereocenters. The van der Waals surface area contributed by atoms with Gasteiger partial charge in [-0.15, -0.1) is 0 Å². The van der Waals surface area contributed by atoms with Crippen LogP contribution in [0.25, 0.3) is 0 Å². The van der Waals surface area contributed by atoms with Gasteiger partial charge in [0.1, 0.15) is 0 Å². The molecule has 1 aromatic carbocycles. The Labute approximate surface area is 87.2 Å². The normalized spacial score (nSPS) is 11.8. The van der Waals surface area contributed by atoms with Crippen molar-refractivity contribution >= 4 is 34.8 Å². The van der Waals surface area contributed by atoms with Crippen molar-refractivity contribution in [2.45, 2.75) is 6.18 Å². The van der Waals surface area contributed by atoms with Crippen LogP contribution in [0.1, 0.15) is 5.56 Å². The van der Waals surface area contributed by atoms with Crippen LogP contribution in [0.2, 0.25) is 15.1 Å². The molecule has 0 aromatic heterocycles. The van der Waals surface area contributed by atoms with Gasteiger partial charge in [-0.3, -0.25) is 0 Å². The highest BCUT2D eigenvalue weighted by molar-refractivity contribution is 6.43. The molecule has 0 N–H and O–H groups in total. The molecule has 0 saturated carbocycles. The fourth-order valence-electron chi connectivity index (χ4n) is 0.762. The van der Waals surface area contributed by atoms with Crippen LogP contribution in [0.5, 0.6) is 0 Å². The number of hydrogen-bond acceptors (Lipinski definition) is 0. The SMILES string of the molecule is FC(F)(F)c1cc(Cl)cc(Cl)c1Cl. The Morgan fingerprint density at radius 3 is 2.00 bits per heavy atom. The largest absolute Gasteiger partial charge is 0.417 e. The monoisotopic (exact) mass is 248 g/mol. The maximum absolute atomic E-state index is 12.2. The predicted molar refractivity (Wildman–Crippen MR) is 46.5 cm³/mol. The molecular weight excluding hydrogens is 247 g/mol. The van der Waals surface area contributed by atoms with Crippen molar-refractivity contribution in [1.29, 1.82) is 0 Å². The average Bonchev–Trinajstić information content (AvgIpc) is 1.94. The molecule has 0 aliphatic rings. The molecule has 0 bridgehead atoms. The van der Waals surface area contributed by atoms with Crippen LogP contribution in [0.4, 0.5) is 13.2 Å². The van der Waals surface area contributed by atoms with Crippen LogP contribution in [-0.2, 0) is 6.18 Å². The summed E-state index contributed by atoms with van der Waals surface area (Å²) in [6.07, 6.45) is -4.54. The van der Waals surface area contributed by atoms with E-state index in [4.69, 9.17) is 34.8 Å². The van der Waals surface area contributed by atoms with Crippen molar-refractivity contribution in [2.75, 3.05) is 0 Å². The fourth-order valence-corrected chi connectivity index (χ4v) is 1.47. The molecule has 0 saturated heterocycles. The van der Waals surface area contributed by atoms with Gasteiger partial charge in [0.15, 0.2) is 0 Å². The summed E-state index contributed by atoms with van der Waals surface area (Å²) in [5.41, 5.74) is -1.02. The smallest absolute Gasteiger partial charge is 0.166 e. The highest BCUT2D eigenvalue weighted by Crippen LogP contribution is 2.39. The van der Waals surface area contributed by atoms with Gasteiger partial charge in [-0.05, 0) is 12.1 Å². The molecule has 0 unspecified atom stereocenters. The minimum absolute atomic E-state index is 0.0956. The van der Waals surface area contributed by atoms with Gasteiger partial charge in [-0.1, -0.05) is 34.8 Å². The van der Waals surface area contributed by atoms with Gasteiger partial charge in [0.05, 0.1) is 15.6 Å². The Bertz CT molecular complexity index is 332.